The highest BCUT2D eigenvalue weighted by Crippen LogP contribution is 2.22. The molecular formula is C23H28N4O3S. The second kappa shape index (κ2) is 10.8. The van der Waals surface area contributed by atoms with Crippen LogP contribution in [0.2, 0.25) is 0 Å². The number of ether oxygens (including phenoxy) is 2. The van der Waals surface area contributed by atoms with Gasteiger partial charge < -0.3 is 14.8 Å². The SMILES string of the molecule is CCOc1ccc(-c2n[nH]c(=S)n2CCC(=O)NC(CC)c2ccc(OC)cc2)cc1. The van der Waals surface area contributed by atoms with E-state index in [1.807, 2.05) is 66.9 Å². The van der Waals surface area contributed by atoms with E-state index in [9.17, 15) is 4.79 Å². The van der Waals surface area contributed by atoms with Crippen LogP contribution in [0.25, 0.3) is 11.4 Å². The third-order valence-electron chi connectivity index (χ3n) is 5.01. The number of amides is 1. The molecule has 7 nitrogen and oxygen atoms in total. The van der Waals surface area contributed by atoms with Crippen LogP contribution < -0.4 is 14.8 Å². The lowest BCUT2D eigenvalue weighted by atomic mass is 10.0. The largest absolute Gasteiger partial charge is 0.497 e. The summed E-state index contributed by atoms with van der Waals surface area (Å²) in [7, 11) is 1.64. The summed E-state index contributed by atoms with van der Waals surface area (Å²) in [5.74, 6) is 2.25. The highest BCUT2D eigenvalue weighted by Gasteiger charge is 2.15. The molecule has 0 fully saturated rings. The first-order chi connectivity index (χ1) is 15.0. The quantitative estimate of drug-likeness (QED) is 0.448. The van der Waals surface area contributed by atoms with E-state index in [2.05, 4.69) is 15.5 Å². The summed E-state index contributed by atoms with van der Waals surface area (Å²) < 4.78 is 13.0. The zero-order valence-corrected chi connectivity index (χ0v) is 18.9. The fourth-order valence-electron chi connectivity index (χ4n) is 3.35. The third-order valence-corrected chi connectivity index (χ3v) is 5.32. The Morgan fingerprint density at radius 2 is 1.81 bits per heavy atom. The number of aromatic amines is 1. The molecule has 3 rings (SSSR count). The molecule has 1 unspecified atom stereocenters. The summed E-state index contributed by atoms with van der Waals surface area (Å²) in [6.45, 7) is 5.04. The number of nitrogens with one attached hydrogen (secondary N) is 2. The zero-order chi connectivity index (χ0) is 22.2. The Labute approximate surface area is 187 Å². The number of nitrogens with zero attached hydrogens (tertiary/aromatic N) is 2. The average Bonchev–Trinajstić information content (AvgIpc) is 3.17. The molecule has 0 aliphatic carbocycles. The number of rotatable bonds is 10. The minimum absolute atomic E-state index is 0.0385. The molecule has 8 heteroatoms. The third kappa shape index (κ3) is 5.73. The van der Waals surface area contributed by atoms with E-state index in [0.717, 1.165) is 29.0 Å². The maximum atomic E-state index is 12.6. The van der Waals surface area contributed by atoms with Crippen molar-refractivity contribution in [3.63, 3.8) is 0 Å². The molecule has 2 N–H and O–H groups in total. The Morgan fingerprint density at radius 1 is 1.13 bits per heavy atom. The Hall–Kier alpha value is -3.13. The van der Waals surface area contributed by atoms with Crippen molar-refractivity contribution in [2.75, 3.05) is 13.7 Å². The van der Waals surface area contributed by atoms with Crippen molar-refractivity contribution in [2.24, 2.45) is 0 Å². The number of aromatic nitrogens is 3. The molecular weight excluding hydrogens is 412 g/mol. The molecule has 1 amide bonds. The summed E-state index contributed by atoms with van der Waals surface area (Å²) >= 11 is 5.38. The summed E-state index contributed by atoms with van der Waals surface area (Å²) in [5, 5.41) is 10.3. The summed E-state index contributed by atoms with van der Waals surface area (Å²) in [6.07, 6.45) is 1.09. The van der Waals surface area contributed by atoms with Crippen LogP contribution in [0.5, 0.6) is 11.5 Å². The number of carbonyl (C=O) groups is 1. The van der Waals surface area contributed by atoms with Gasteiger partial charge in [-0.1, -0.05) is 19.1 Å². The maximum absolute atomic E-state index is 12.6. The van der Waals surface area contributed by atoms with Crippen LogP contribution in [0.1, 0.15) is 38.3 Å². The first-order valence-corrected chi connectivity index (χ1v) is 10.8. The smallest absolute Gasteiger partial charge is 0.222 e. The Bertz CT molecular complexity index is 1040. The van der Waals surface area contributed by atoms with Gasteiger partial charge in [0.1, 0.15) is 11.5 Å². The highest BCUT2D eigenvalue weighted by atomic mass is 32.1. The van der Waals surface area contributed by atoms with Crippen molar-refractivity contribution < 1.29 is 14.3 Å². The molecule has 0 saturated carbocycles. The van der Waals surface area contributed by atoms with E-state index in [4.69, 9.17) is 21.7 Å². The van der Waals surface area contributed by atoms with Crippen molar-refractivity contribution >= 4 is 18.1 Å². The Balaban J connectivity index is 1.65. The van der Waals surface area contributed by atoms with E-state index < -0.39 is 0 Å². The molecule has 0 saturated heterocycles. The first-order valence-electron chi connectivity index (χ1n) is 10.4. The van der Waals surface area contributed by atoms with E-state index in [0.29, 0.717) is 30.2 Å². The molecule has 0 aliphatic rings. The summed E-state index contributed by atoms with van der Waals surface area (Å²) in [6, 6.07) is 15.4. The van der Waals surface area contributed by atoms with Gasteiger partial charge in [0, 0.05) is 18.5 Å². The maximum Gasteiger partial charge on any atom is 0.222 e. The van der Waals surface area contributed by atoms with Gasteiger partial charge in [-0.2, -0.15) is 5.10 Å². The van der Waals surface area contributed by atoms with Gasteiger partial charge in [-0.05, 0) is 67.5 Å². The predicted molar refractivity (Wildman–Crippen MR) is 123 cm³/mol. The minimum Gasteiger partial charge on any atom is -0.497 e. The minimum atomic E-state index is -0.0543. The lowest BCUT2D eigenvalue weighted by Crippen LogP contribution is -2.29. The second-order valence-corrected chi connectivity index (χ2v) is 7.40. The molecule has 31 heavy (non-hydrogen) atoms. The zero-order valence-electron chi connectivity index (χ0n) is 18.1. The van der Waals surface area contributed by atoms with Crippen LogP contribution in [0.15, 0.2) is 48.5 Å². The highest BCUT2D eigenvalue weighted by molar-refractivity contribution is 7.71. The average molecular weight is 441 g/mol. The molecule has 3 aromatic rings. The van der Waals surface area contributed by atoms with Crippen molar-refractivity contribution in [1.82, 2.24) is 20.1 Å². The monoisotopic (exact) mass is 440 g/mol. The van der Waals surface area contributed by atoms with Gasteiger partial charge in [0.25, 0.3) is 0 Å². The van der Waals surface area contributed by atoms with Gasteiger partial charge >= 0.3 is 0 Å². The van der Waals surface area contributed by atoms with Gasteiger partial charge in [0.05, 0.1) is 19.8 Å². The number of hydrogen-bond acceptors (Lipinski definition) is 5. The van der Waals surface area contributed by atoms with Gasteiger partial charge in [-0.3, -0.25) is 14.5 Å². The predicted octanol–water partition coefficient (Wildman–Crippen LogP) is 4.67. The molecule has 1 heterocycles. The van der Waals surface area contributed by atoms with Crippen LogP contribution in [-0.2, 0) is 11.3 Å². The van der Waals surface area contributed by atoms with Crippen molar-refractivity contribution in [2.45, 2.75) is 39.3 Å². The van der Waals surface area contributed by atoms with Crippen LogP contribution >= 0.6 is 12.2 Å². The van der Waals surface area contributed by atoms with E-state index in [-0.39, 0.29) is 11.9 Å². The van der Waals surface area contributed by atoms with Crippen molar-refractivity contribution in [3.05, 3.63) is 58.9 Å². The van der Waals surface area contributed by atoms with Gasteiger partial charge in [0.15, 0.2) is 10.6 Å². The van der Waals surface area contributed by atoms with Crippen LogP contribution in [0.3, 0.4) is 0 Å². The molecule has 0 bridgehead atoms. The standard InChI is InChI=1S/C23H28N4O3S/c1-4-20(16-6-10-18(29-3)11-7-16)24-21(28)14-15-27-22(25-26-23(27)31)17-8-12-19(13-9-17)30-5-2/h6-13,20H,4-5,14-15H2,1-3H3,(H,24,28)(H,26,31). The summed E-state index contributed by atoms with van der Waals surface area (Å²) in [5.41, 5.74) is 1.95. The number of H-pyrrole nitrogens is 1. The topological polar surface area (TPSA) is 81.2 Å². The van der Waals surface area contributed by atoms with E-state index in [1.54, 1.807) is 7.11 Å². The van der Waals surface area contributed by atoms with Crippen molar-refractivity contribution in [1.29, 1.82) is 0 Å². The molecule has 1 aromatic heterocycles. The Kier molecular flexibility index (Phi) is 7.83. The van der Waals surface area contributed by atoms with Gasteiger partial charge in [-0.15, -0.1) is 0 Å². The lowest BCUT2D eigenvalue weighted by Gasteiger charge is -2.18. The molecule has 0 aliphatic heterocycles. The first kappa shape index (κ1) is 22.6. The fourth-order valence-corrected chi connectivity index (χ4v) is 3.57. The van der Waals surface area contributed by atoms with E-state index >= 15 is 0 Å². The van der Waals surface area contributed by atoms with Crippen molar-refractivity contribution in [3.8, 4) is 22.9 Å². The van der Waals surface area contributed by atoms with Gasteiger partial charge in [0.2, 0.25) is 5.91 Å². The number of benzene rings is 2. The molecule has 0 radical (unpaired) electrons. The fraction of sp³-hybridized carbons (Fsp3) is 0.348. The van der Waals surface area contributed by atoms with Gasteiger partial charge in [-0.25, -0.2) is 0 Å². The number of methoxy groups -OCH3 is 1. The molecule has 0 spiro atoms. The van der Waals surface area contributed by atoms with Crippen LogP contribution in [0.4, 0.5) is 0 Å². The second-order valence-electron chi connectivity index (χ2n) is 7.01. The molecule has 1 atom stereocenters. The Morgan fingerprint density at radius 3 is 2.42 bits per heavy atom. The van der Waals surface area contributed by atoms with E-state index in [1.165, 1.54) is 0 Å². The lowest BCUT2D eigenvalue weighted by molar-refractivity contribution is -0.122. The molecule has 2 aromatic carbocycles. The normalized spacial score (nSPS) is 11.7. The van der Waals surface area contributed by atoms with Crippen LogP contribution in [0, 0.1) is 4.77 Å². The number of hydrogen-bond donors (Lipinski definition) is 2. The summed E-state index contributed by atoms with van der Waals surface area (Å²) in [4.78, 5) is 12.6. The molecule has 164 valence electrons. The number of carbonyl (C=O) groups excluding carboxylic acids is 1. The van der Waals surface area contributed by atoms with Crippen LogP contribution in [-0.4, -0.2) is 34.4 Å².